The highest BCUT2D eigenvalue weighted by Gasteiger charge is 2.36. The summed E-state index contributed by atoms with van der Waals surface area (Å²) in [5, 5.41) is 14.3. The zero-order chi connectivity index (χ0) is 16.3. The molecule has 7 heteroatoms. The molecule has 1 aliphatic carbocycles. The molecule has 0 saturated heterocycles. The Morgan fingerprint density at radius 3 is 2.74 bits per heavy atom. The molecule has 1 saturated carbocycles. The van der Waals surface area contributed by atoms with Gasteiger partial charge in [-0.1, -0.05) is 18.2 Å². The van der Waals surface area contributed by atoms with Gasteiger partial charge in [-0.25, -0.2) is 8.78 Å². The second kappa shape index (κ2) is 6.70. The maximum absolute atomic E-state index is 13.5. The van der Waals surface area contributed by atoms with Crippen LogP contribution in [0.1, 0.15) is 49.7 Å². The third kappa shape index (κ3) is 3.55. The number of H-pyrrole nitrogens is 1. The van der Waals surface area contributed by atoms with Crippen LogP contribution in [0.3, 0.4) is 0 Å². The fraction of sp³-hybridized carbons (Fsp3) is 0.562. The molecule has 0 unspecified atom stereocenters. The third-order valence-corrected chi connectivity index (χ3v) is 4.37. The zero-order valence-electron chi connectivity index (χ0n) is 13.1. The molecule has 0 atom stereocenters. The molecule has 1 aromatic carbocycles. The van der Waals surface area contributed by atoms with Crippen LogP contribution in [0, 0.1) is 0 Å². The lowest BCUT2D eigenvalue weighted by atomic mass is 9.79. The minimum absolute atomic E-state index is 0.0704. The molecular weight excluding hydrogens is 302 g/mol. The number of nitrogens with zero attached hydrogens (tertiary/aromatic N) is 3. The molecule has 124 valence electrons. The maximum Gasteiger partial charge on any atom is 0.248 e. The summed E-state index contributed by atoms with van der Waals surface area (Å²) < 4.78 is 32.4. The van der Waals surface area contributed by atoms with Crippen molar-refractivity contribution in [2.45, 2.75) is 51.1 Å². The summed E-state index contributed by atoms with van der Waals surface area (Å²) in [4.78, 5) is 0. The first-order chi connectivity index (χ1) is 11.1. The topological polar surface area (TPSA) is 63.7 Å². The van der Waals surface area contributed by atoms with E-state index in [0.29, 0.717) is 31.9 Å². The molecule has 1 fully saturated rings. The van der Waals surface area contributed by atoms with Crippen LogP contribution in [-0.2, 0) is 11.3 Å². The zero-order valence-corrected chi connectivity index (χ0v) is 13.1. The normalized spacial score (nSPS) is 18.2. The molecule has 0 spiro atoms. The quantitative estimate of drug-likeness (QED) is 0.912. The van der Waals surface area contributed by atoms with E-state index in [0.717, 1.165) is 16.7 Å². The highest BCUT2D eigenvalue weighted by molar-refractivity contribution is 5.65. The third-order valence-electron chi connectivity index (χ3n) is 4.37. The number of nitrogens with one attached hydrogen (secondary N) is 1. The first-order valence-electron chi connectivity index (χ1n) is 7.92. The fourth-order valence-corrected chi connectivity index (χ4v) is 3.18. The molecular formula is C16H20F2N4O. The van der Waals surface area contributed by atoms with Crippen LogP contribution in [0.5, 0.6) is 0 Å². The summed E-state index contributed by atoms with van der Waals surface area (Å²) in [5.41, 5.74) is 2.84. The fourth-order valence-electron chi connectivity index (χ4n) is 3.18. The molecule has 3 rings (SSSR count). The molecule has 0 amide bonds. The summed E-state index contributed by atoms with van der Waals surface area (Å²) in [6.07, 6.45) is 0.796. The van der Waals surface area contributed by atoms with Crippen molar-refractivity contribution in [1.29, 1.82) is 0 Å². The average molecular weight is 322 g/mol. The summed E-state index contributed by atoms with van der Waals surface area (Å²) in [7, 11) is 0. The number of aromatic nitrogens is 4. The van der Waals surface area contributed by atoms with Gasteiger partial charge in [0, 0.05) is 25.0 Å². The van der Waals surface area contributed by atoms with Gasteiger partial charge in [-0.15, -0.1) is 10.2 Å². The van der Waals surface area contributed by atoms with Crippen molar-refractivity contribution in [3.63, 3.8) is 0 Å². The number of halogens is 2. The van der Waals surface area contributed by atoms with E-state index in [-0.39, 0.29) is 18.8 Å². The molecule has 2 aromatic rings. The van der Waals surface area contributed by atoms with E-state index in [1.807, 2.05) is 25.1 Å². The Balaban J connectivity index is 1.96. The number of aromatic amines is 1. The summed E-state index contributed by atoms with van der Waals surface area (Å²) in [5.74, 6) is -1.96. The van der Waals surface area contributed by atoms with Crippen LogP contribution in [0.25, 0.3) is 11.4 Å². The van der Waals surface area contributed by atoms with Crippen molar-refractivity contribution < 1.29 is 13.5 Å². The van der Waals surface area contributed by atoms with E-state index in [1.54, 1.807) is 0 Å². The SMILES string of the molecule is CCOCc1cccc(C2CCC(F)(F)CC2)c1-c1nn[nH]n1. The highest BCUT2D eigenvalue weighted by Crippen LogP contribution is 2.43. The van der Waals surface area contributed by atoms with Crippen LogP contribution in [0.15, 0.2) is 18.2 Å². The van der Waals surface area contributed by atoms with Gasteiger partial charge in [-0.2, -0.15) is 5.21 Å². The van der Waals surface area contributed by atoms with Gasteiger partial charge in [0.1, 0.15) is 0 Å². The Morgan fingerprint density at radius 2 is 2.09 bits per heavy atom. The number of tetrazole rings is 1. The standard InChI is InChI=1S/C16H20F2N4O/c1-2-23-10-12-4-3-5-13(14(12)15-19-21-22-20-15)11-6-8-16(17,18)9-7-11/h3-5,11H,2,6-10H2,1H3,(H,19,20,21,22). The molecule has 1 aromatic heterocycles. The number of hydrogen-bond donors (Lipinski definition) is 1. The Morgan fingerprint density at radius 1 is 1.30 bits per heavy atom. The number of rotatable bonds is 5. The Hall–Kier alpha value is -1.89. The molecule has 23 heavy (non-hydrogen) atoms. The highest BCUT2D eigenvalue weighted by atomic mass is 19.3. The van der Waals surface area contributed by atoms with Gasteiger partial charge in [0.25, 0.3) is 0 Å². The van der Waals surface area contributed by atoms with Gasteiger partial charge < -0.3 is 4.74 Å². The van der Waals surface area contributed by atoms with Crippen molar-refractivity contribution in [1.82, 2.24) is 20.6 Å². The second-order valence-corrected chi connectivity index (χ2v) is 5.88. The van der Waals surface area contributed by atoms with Gasteiger partial charge in [0.2, 0.25) is 11.7 Å². The lowest BCUT2D eigenvalue weighted by Gasteiger charge is -2.29. The molecule has 0 aliphatic heterocycles. The summed E-state index contributed by atoms with van der Waals surface area (Å²) in [6, 6.07) is 5.89. The Kier molecular flexibility index (Phi) is 4.66. The van der Waals surface area contributed by atoms with Gasteiger partial charge in [0.05, 0.1) is 6.61 Å². The van der Waals surface area contributed by atoms with Crippen molar-refractivity contribution in [2.75, 3.05) is 6.61 Å². The van der Waals surface area contributed by atoms with Crippen LogP contribution < -0.4 is 0 Å². The molecule has 1 aliphatic rings. The predicted octanol–water partition coefficient (Wildman–Crippen LogP) is 3.70. The van der Waals surface area contributed by atoms with Crippen molar-refractivity contribution in [3.05, 3.63) is 29.3 Å². The molecule has 1 heterocycles. The number of ether oxygens (including phenoxy) is 1. The van der Waals surface area contributed by atoms with Gasteiger partial charge >= 0.3 is 0 Å². The smallest absolute Gasteiger partial charge is 0.248 e. The van der Waals surface area contributed by atoms with Gasteiger partial charge in [0.15, 0.2) is 0 Å². The maximum atomic E-state index is 13.5. The van der Waals surface area contributed by atoms with Gasteiger partial charge in [-0.3, -0.25) is 0 Å². The van der Waals surface area contributed by atoms with E-state index in [2.05, 4.69) is 20.6 Å². The minimum atomic E-state index is -2.54. The number of alkyl halides is 2. The largest absolute Gasteiger partial charge is 0.377 e. The van der Waals surface area contributed by atoms with Crippen LogP contribution >= 0.6 is 0 Å². The van der Waals surface area contributed by atoms with Crippen LogP contribution in [-0.4, -0.2) is 33.2 Å². The first kappa shape index (κ1) is 16.0. The van der Waals surface area contributed by atoms with E-state index in [4.69, 9.17) is 4.74 Å². The van der Waals surface area contributed by atoms with E-state index < -0.39 is 5.92 Å². The van der Waals surface area contributed by atoms with Crippen molar-refractivity contribution >= 4 is 0 Å². The lowest BCUT2D eigenvalue weighted by molar-refractivity contribution is -0.0381. The molecule has 0 radical (unpaired) electrons. The Labute approximate surface area is 133 Å². The predicted molar refractivity (Wildman–Crippen MR) is 81.1 cm³/mol. The van der Waals surface area contributed by atoms with E-state index in [9.17, 15) is 8.78 Å². The summed E-state index contributed by atoms with van der Waals surface area (Å²) in [6.45, 7) is 2.98. The first-order valence-corrected chi connectivity index (χ1v) is 7.92. The van der Waals surface area contributed by atoms with E-state index >= 15 is 0 Å². The molecule has 0 bridgehead atoms. The minimum Gasteiger partial charge on any atom is -0.377 e. The molecule has 5 nitrogen and oxygen atoms in total. The van der Waals surface area contributed by atoms with Crippen molar-refractivity contribution in [2.24, 2.45) is 0 Å². The second-order valence-electron chi connectivity index (χ2n) is 5.88. The van der Waals surface area contributed by atoms with Crippen LogP contribution in [0.4, 0.5) is 8.78 Å². The molecule has 1 N–H and O–H groups in total. The Bertz CT molecular complexity index is 636. The summed E-state index contributed by atoms with van der Waals surface area (Å²) >= 11 is 0. The number of hydrogen-bond acceptors (Lipinski definition) is 4. The van der Waals surface area contributed by atoms with Crippen LogP contribution in [0.2, 0.25) is 0 Å². The number of benzene rings is 1. The van der Waals surface area contributed by atoms with E-state index in [1.165, 1.54) is 0 Å². The average Bonchev–Trinajstić information content (AvgIpc) is 3.06. The van der Waals surface area contributed by atoms with Gasteiger partial charge in [-0.05, 0) is 42.0 Å². The monoisotopic (exact) mass is 322 g/mol. The van der Waals surface area contributed by atoms with Crippen molar-refractivity contribution in [3.8, 4) is 11.4 Å². The lowest BCUT2D eigenvalue weighted by Crippen LogP contribution is -2.24.